The van der Waals surface area contributed by atoms with Crippen molar-refractivity contribution in [3.63, 3.8) is 0 Å². The molecule has 1 aromatic carbocycles. The number of carbonyl (C=O) groups is 1. The smallest absolute Gasteiger partial charge is 1.00 e. The van der Waals surface area contributed by atoms with E-state index >= 15 is 0 Å². The third-order valence-electron chi connectivity index (χ3n) is 1.37. The van der Waals surface area contributed by atoms with Gasteiger partial charge >= 0.3 is 18.9 Å². The molecule has 1 rings (SSSR count). The van der Waals surface area contributed by atoms with Gasteiger partial charge in [-0.25, -0.2) is 0 Å². The van der Waals surface area contributed by atoms with Gasteiger partial charge in [0.05, 0.1) is 0 Å². The maximum atomic E-state index is 11.1. The summed E-state index contributed by atoms with van der Waals surface area (Å²) >= 11 is 0. The third kappa shape index (κ3) is 3.12. The average Bonchev–Trinajstić information content (AvgIpc) is 2.07. The van der Waals surface area contributed by atoms with Gasteiger partial charge in [0.25, 0.3) is 5.91 Å². The Morgan fingerprint density at radius 3 is 2.50 bits per heavy atom. The van der Waals surface area contributed by atoms with E-state index in [1.54, 1.807) is 12.1 Å². The molecular weight excluding hydrogens is 145 g/mol. The van der Waals surface area contributed by atoms with Crippen LogP contribution >= 0.6 is 0 Å². The summed E-state index contributed by atoms with van der Waals surface area (Å²) in [5.41, 5.74) is 0.717. The molecule has 2 nitrogen and oxygen atoms in total. The molecule has 0 aliphatic heterocycles. The molecule has 0 unspecified atom stereocenters. The van der Waals surface area contributed by atoms with Crippen molar-refractivity contribution in [2.75, 3.05) is 6.54 Å². The van der Waals surface area contributed by atoms with E-state index < -0.39 is 0 Å². The normalized spacial score (nSPS) is 8.42. The van der Waals surface area contributed by atoms with Gasteiger partial charge in [0, 0.05) is 12.1 Å². The van der Waals surface area contributed by atoms with E-state index in [9.17, 15) is 4.79 Å². The van der Waals surface area contributed by atoms with E-state index in [2.05, 4.69) is 5.32 Å². The molecule has 0 spiro atoms. The first-order chi connectivity index (χ1) is 5.34. The summed E-state index contributed by atoms with van der Waals surface area (Å²) in [6.45, 7) is 2.58. The molecule has 60 valence electrons. The molecule has 0 heterocycles. The molecule has 0 saturated heterocycles. The zero-order chi connectivity index (χ0) is 8.10. The summed E-state index contributed by atoms with van der Waals surface area (Å²) in [5.74, 6) is -0.00639. The van der Waals surface area contributed by atoms with E-state index in [1.165, 1.54) is 0 Å². The van der Waals surface area contributed by atoms with E-state index in [1.807, 2.05) is 25.1 Å². The quantitative estimate of drug-likeness (QED) is 0.523. The van der Waals surface area contributed by atoms with Gasteiger partial charge in [-0.05, 0) is 19.1 Å². The summed E-state index contributed by atoms with van der Waals surface area (Å²) in [4.78, 5) is 11.1. The minimum atomic E-state index is -0.00639. The Morgan fingerprint density at radius 2 is 2.00 bits per heavy atom. The van der Waals surface area contributed by atoms with Crippen LogP contribution in [0.1, 0.15) is 18.7 Å². The van der Waals surface area contributed by atoms with Crippen LogP contribution in [-0.4, -0.2) is 12.5 Å². The largest absolute Gasteiger partial charge is 1.00 e. The van der Waals surface area contributed by atoms with Crippen LogP contribution in [0.3, 0.4) is 0 Å². The van der Waals surface area contributed by atoms with Gasteiger partial charge in [0.1, 0.15) is 0 Å². The van der Waals surface area contributed by atoms with Gasteiger partial charge < -0.3 is 6.74 Å². The fraction of sp³-hybridized carbons (Fsp3) is 0.222. The fourth-order valence-corrected chi connectivity index (χ4v) is 0.852. The van der Waals surface area contributed by atoms with Crippen molar-refractivity contribution in [3.05, 3.63) is 35.9 Å². The Labute approximate surface area is 86.0 Å². The van der Waals surface area contributed by atoms with Gasteiger partial charge in [0.15, 0.2) is 0 Å². The predicted molar refractivity (Wildman–Crippen MR) is 45.6 cm³/mol. The molecule has 3 heteroatoms. The third-order valence-corrected chi connectivity index (χ3v) is 1.37. The molecule has 1 N–H and O–H groups in total. The van der Waals surface area contributed by atoms with Crippen LogP contribution in [-0.2, 0) is 0 Å². The molecule has 12 heavy (non-hydrogen) atoms. The van der Waals surface area contributed by atoms with E-state index in [4.69, 9.17) is 0 Å². The molecule has 0 saturated carbocycles. The fourth-order valence-electron chi connectivity index (χ4n) is 0.852. The maximum Gasteiger partial charge on any atom is 1.00 e. The summed E-state index contributed by atoms with van der Waals surface area (Å²) in [6, 6.07) is 9.19. The molecule has 1 amide bonds. The minimum absolute atomic E-state index is 0. The Bertz CT molecular complexity index is 241. The van der Waals surface area contributed by atoms with Crippen LogP contribution in [0, 0.1) is 0 Å². The number of nitrogens with one attached hydrogen (secondary N) is 1. The van der Waals surface area contributed by atoms with Crippen LogP contribution < -0.4 is 24.2 Å². The Balaban J connectivity index is 0. The van der Waals surface area contributed by atoms with Crippen molar-refractivity contribution in [1.82, 2.24) is 5.32 Å². The maximum absolute atomic E-state index is 11.1. The molecule has 0 aliphatic rings. The average molecular weight is 157 g/mol. The van der Waals surface area contributed by atoms with Crippen molar-refractivity contribution in [2.24, 2.45) is 0 Å². The van der Waals surface area contributed by atoms with E-state index in [0.717, 1.165) is 0 Å². The molecule has 0 aromatic heterocycles. The molecule has 0 fully saturated rings. The van der Waals surface area contributed by atoms with Crippen LogP contribution in [0.15, 0.2) is 30.3 Å². The van der Waals surface area contributed by atoms with Gasteiger partial charge in [-0.1, -0.05) is 18.2 Å². The van der Waals surface area contributed by atoms with Crippen molar-refractivity contribution in [1.29, 1.82) is 0 Å². The first kappa shape index (κ1) is 11.3. The van der Waals surface area contributed by atoms with E-state index in [-0.39, 0.29) is 26.2 Å². The Kier molecular flexibility index (Phi) is 5.53. The predicted octanol–water partition coefficient (Wildman–Crippen LogP) is -1.45. The first-order valence-corrected chi connectivity index (χ1v) is 3.68. The second kappa shape index (κ2) is 5.88. The molecule has 1 aromatic rings. The van der Waals surface area contributed by atoms with E-state index in [0.29, 0.717) is 12.1 Å². The van der Waals surface area contributed by atoms with Gasteiger partial charge in [-0.15, -0.1) is 0 Å². The van der Waals surface area contributed by atoms with Crippen molar-refractivity contribution < 1.29 is 25.1 Å². The molecule has 0 atom stereocenters. The SMILES string of the molecule is CCNC(=O)c1ccccc1.[H-].[Li+]. The van der Waals surface area contributed by atoms with Crippen molar-refractivity contribution in [3.8, 4) is 0 Å². The van der Waals surface area contributed by atoms with Crippen LogP contribution in [0.4, 0.5) is 0 Å². The van der Waals surface area contributed by atoms with Crippen LogP contribution in [0.2, 0.25) is 0 Å². The molecular formula is C9H12LiNO. The summed E-state index contributed by atoms with van der Waals surface area (Å²) in [5, 5.41) is 2.72. The topological polar surface area (TPSA) is 29.1 Å². The number of benzene rings is 1. The minimum Gasteiger partial charge on any atom is -1.00 e. The van der Waals surface area contributed by atoms with Gasteiger partial charge in [0.2, 0.25) is 0 Å². The van der Waals surface area contributed by atoms with Crippen molar-refractivity contribution in [2.45, 2.75) is 6.92 Å². The number of amides is 1. The summed E-state index contributed by atoms with van der Waals surface area (Å²) < 4.78 is 0. The van der Waals surface area contributed by atoms with Crippen LogP contribution in [0.25, 0.3) is 0 Å². The van der Waals surface area contributed by atoms with Gasteiger partial charge in [-0.3, -0.25) is 4.79 Å². The number of rotatable bonds is 2. The number of hydrogen-bond acceptors (Lipinski definition) is 1. The Hall–Kier alpha value is -0.713. The molecule has 0 aliphatic carbocycles. The molecule has 0 bridgehead atoms. The second-order valence-electron chi connectivity index (χ2n) is 2.23. The van der Waals surface area contributed by atoms with Crippen molar-refractivity contribution >= 4 is 5.91 Å². The second-order valence-corrected chi connectivity index (χ2v) is 2.23. The molecule has 0 radical (unpaired) electrons. The summed E-state index contributed by atoms with van der Waals surface area (Å²) in [7, 11) is 0. The van der Waals surface area contributed by atoms with Crippen LogP contribution in [0.5, 0.6) is 0 Å². The summed E-state index contributed by atoms with van der Waals surface area (Å²) in [6.07, 6.45) is 0. The zero-order valence-electron chi connectivity index (χ0n) is 8.50. The monoisotopic (exact) mass is 157 g/mol. The number of carbonyl (C=O) groups excluding carboxylic acids is 1. The zero-order valence-corrected chi connectivity index (χ0v) is 7.50. The first-order valence-electron chi connectivity index (χ1n) is 3.68. The standard InChI is InChI=1S/C9H11NO.Li.H/c1-2-10-9(11)8-6-4-3-5-7-8;;/h3-7H,2H2,1H3,(H,10,11);;/q;+1;-1. The Morgan fingerprint density at radius 1 is 1.42 bits per heavy atom. The number of hydrogen-bond donors (Lipinski definition) is 1. The van der Waals surface area contributed by atoms with Gasteiger partial charge in [-0.2, -0.15) is 0 Å².